The van der Waals surface area contributed by atoms with Gasteiger partial charge in [-0.25, -0.2) is 4.79 Å². The van der Waals surface area contributed by atoms with Crippen LogP contribution in [0.3, 0.4) is 0 Å². The van der Waals surface area contributed by atoms with Gasteiger partial charge in [0.15, 0.2) is 0 Å². The van der Waals surface area contributed by atoms with Crippen molar-refractivity contribution < 1.29 is 18.8 Å². The number of hydrogen-bond donors (Lipinski definition) is 1. The highest BCUT2D eigenvalue weighted by Gasteiger charge is 2.24. The van der Waals surface area contributed by atoms with E-state index in [0.29, 0.717) is 27.7 Å². The summed E-state index contributed by atoms with van der Waals surface area (Å²) in [5.74, 6) is -0.627. The fraction of sp³-hybridized carbons (Fsp3) is 0.150. The summed E-state index contributed by atoms with van der Waals surface area (Å²) in [7, 11) is 0. The van der Waals surface area contributed by atoms with Crippen molar-refractivity contribution in [3.05, 3.63) is 70.4 Å². The van der Waals surface area contributed by atoms with Gasteiger partial charge in [0.05, 0.1) is 22.9 Å². The number of carbonyl (C=O) groups is 2. The molecule has 1 amide bonds. The first-order chi connectivity index (χ1) is 13.0. The van der Waals surface area contributed by atoms with Gasteiger partial charge >= 0.3 is 5.97 Å². The predicted molar refractivity (Wildman–Crippen MR) is 102 cm³/mol. The van der Waals surface area contributed by atoms with Crippen LogP contribution >= 0.6 is 11.6 Å². The fourth-order valence-electron chi connectivity index (χ4n) is 2.64. The molecule has 1 aromatic heterocycles. The maximum absolute atomic E-state index is 12.9. The Bertz CT molecular complexity index is 997. The van der Waals surface area contributed by atoms with Gasteiger partial charge in [-0.3, -0.25) is 4.79 Å². The third kappa shape index (κ3) is 3.85. The minimum atomic E-state index is -0.512. The summed E-state index contributed by atoms with van der Waals surface area (Å²) in [5, 5.41) is 7.18. The van der Waals surface area contributed by atoms with E-state index in [4.69, 9.17) is 20.9 Å². The lowest BCUT2D eigenvalue weighted by atomic mass is 10.1. The average molecular weight is 385 g/mol. The Labute approximate surface area is 161 Å². The number of aryl methyl sites for hydroxylation is 1. The third-order valence-corrected chi connectivity index (χ3v) is 4.22. The van der Waals surface area contributed by atoms with Crippen LogP contribution in [0.4, 0.5) is 5.69 Å². The smallest absolute Gasteiger partial charge is 0.340 e. The molecule has 0 atom stereocenters. The molecular formula is C20H17ClN2O4. The predicted octanol–water partition coefficient (Wildman–Crippen LogP) is 4.73. The minimum absolute atomic E-state index is 0.239. The number of halogens is 1. The molecule has 138 valence electrons. The molecule has 3 aromatic rings. The van der Waals surface area contributed by atoms with Gasteiger partial charge in [-0.15, -0.1) is 0 Å². The van der Waals surface area contributed by atoms with Gasteiger partial charge in [0.25, 0.3) is 5.91 Å². The lowest BCUT2D eigenvalue weighted by molar-refractivity contribution is 0.0527. The molecule has 0 spiro atoms. The van der Waals surface area contributed by atoms with E-state index in [9.17, 15) is 9.59 Å². The summed E-state index contributed by atoms with van der Waals surface area (Å²) in [6.07, 6.45) is 0. The number of esters is 1. The van der Waals surface area contributed by atoms with Crippen molar-refractivity contribution in [1.29, 1.82) is 0 Å². The number of nitrogens with one attached hydrogen (secondary N) is 1. The van der Waals surface area contributed by atoms with Crippen molar-refractivity contribution in [3.63, 3.8) is 0 Å². The normalized spacial score (nSPS) is 10.5. The maximum Gasteiger partial charge on any atom is 0.340 e. The molecule has 3 rings (SSSR count). The number of ether oxygens (including phenoxy) is 1. The molecule has 0 radical (unpaired) electrons. The monoisotopic (exact) mass is 384 g/mol. The highest BCUT2D eigenvalue weighted by atomic mass is 35.5. The first kappa shape index (κ1) is 18.7. The molecule has 1 heterocycles. The Morgan fingerprint density at radius 1 is 1.15 bits per heavy atom. The molecule has 6 nitrogen and oxygen atoms in total. The van der Waals surface area contributed by atoms with E-state index in [2.05, 4.69) is 10.5 Å². The van der Waals surface area contributed by atoms with Crippen LogP contribution in [0, 0.1) is 6.92 Å². The van der Waals surface area contributed by atoms with Crippen LogP contribution < -0.4 is 5.32 Å². The van der Waals surface area contributed by atoms with Crippen LogP contribution in [0.15, 0.2) is 53.1 Å². The fourth-order valence-corrected chi connectivity index (χ4v) is 2.87. The van der Waals surface area contributed by atoms with Crippen molar-refractivity contribution in [2.24, 2.45) is 0 Å². The number of carbonyl (C=O) groups excluding carboxylic acids is 2. The Balaban J connectivity index is 1.97. The van der Waals surface area contributed by atoms with Crippen LogP contribution in [0.5, 0.6) is 0 Å². The van der Waals surface area contributed by atoms with Gasteiger partial charge in [-0.05, 0) is 32.0 Å². The topological polar surface area (TPSA) is 81.4 Å². The molecule has 0 saturated carbocycles. The van der Waals surface area contributed by atoms with Crippen LogP contribution in [0.2, 0.25) is 5.02 Å². The maximum atomic E-state index is 12.9. The number of nitrogens with zero attached hydrogens (tertiary/aromatic N) is 1. The molecule has 0 aliphatic rings. The van der Waals surface area contributed by atoms with Gasteiger partial charge < -0.3 is 14.6 Å². The Kier molecular flexibility index (Phi) is 5.57. The molecule has 0 saturated heterocycles. The van der Waals surface area contributed by atoms with E-state index < -0.39 is 11.9 Å². The SMILES string of the molecule is CCOC(=O)c1ccccc1NC(=O)c1c(-c2ccccc2Cl)noc1C. The first-order valence-electron chi connectivity index (χ1n) is 8.31. The van der Waals surface area contributed by atoms with Crippen molar-refractivity contribution in [3.8, 4) is 11.3 Å². The molecule has 0 aliphatic heterocycles. The zero-order valence-electron chi connectivity index (χ0n) is 14.8. The molecule has 2 aromatic carbocycles. The average Bonchev–Trinajstić information content (AvgIpc) is 3.04. The van der Waals surface area contributed by atoms with Gasteiger partial charge in [0.1, 0.15) is 17.0 Å². The Morgan fingerprint density at radius 2 is 1.85 bits per heavy atom. The lowest BCUT2D eigenvalue weighted by Gasteiger charge is -2.10. The number of para-hydroxylation sites is 1. The second-order valence-corrected chi connectivity index (χ2v) is 6.07. The second-order valence-electron chi connectivity index (χ2n) is 5.66. The van der Waals surface area contributed by atoms with Crippen molar-refractivity contribution >= 4 is 29.2 Å². The van der Waals surface area contributed by atoms with Crippen molar-refractivity contribution in [2.75, 3.05) is 11.9 Å². The van der Waals surface area contributed by atoms with E-state index in [1.807, 2.05) is 0 Å². The highest BCUT2D eigenvalue weighted by molar-refractivity contribution is 6.33. The van der Waals surface area contributed by atoms with Gasteiger partial charge in [-0.1, -0.05) is 47.1 Å². The molecule has 0 unspecified atom stereocenters. The number of benzene rings is 2. The molecular weight excluding hydrogens is 368 g/mol. The van der Waals surface area contributed by atoms with Crippen LogP contribution in [-0.2, 0) is 4.74 Å². The molecule has 0 aliphatic carbocycles. The van der Waals surface area contributed by atoms with E-state index >= 15 is 0 Å². The van der Waals surface area contributed by atoms with Gasteiger partial charge in [-0.2, -0.15) is 0 Å². The van der Waals surface area contributed by atoms with Crippen LogP contribution in [-0.4, -0.2) is 23.6 Å². The summed E-state index contributed by atoms with van der Waals surface area (Å²) in [6, 6.07) is 13.7. The number of anilines is 1. The van der Waals surface area contributed by atoms with E-state index in [1.165, 1.54) is 0 Å². The standard InChI is InChI=1S/C20H17ClN2O4/c1-3-26-20(25)14-9-5-7-11-16(14)22-19(24)17-12(2)27-23-18(17)13-8-4-6-10-15(13)21/h4-11H,3H2,1-2H3,(H,22,24). The van der Waals surface area contributed by atoms with E-state index in [1.54, 1.807) is 62.4 Å². The van der Waals surface area contributed by atoms with Crippen LogP contribution in [0.1, 0.15) is 33.4 Å². The first-order valence-corrected chi connectivity index (χ1v) is 8.69. The Morgan fingerprint density at radius 3 is 2.59 bits per heavy atom. The van der Waals surface area contributed by atoms with Crippen molar-refractivity contribution in [1.82, 2.24) is 5.16 Å². The molecule has 0 fully saturated rings. The van der Waals surface area contributed by atoms with Gasteiger partial charge in [0, 0.05) is 5.56 Å². The molecule has 27 heavy (non-hydrogen) atoms. The summed E-state index contributed by atoms with van der Waals surface area (Å²) in [5.41, 5.74) is 1.78. The van der Waals surface area contributed by atoms with E-state index in [-0.39, 0.29) is 17.7 Å². The zero-order chi connectivity index (χ0) is 19.4. The zero-order valence-corrected chi connectivity index (χ0v) is 15.5. The highest BCUT2D eigenvalue weighted by Crippen LogP contribution is 2.31. The molecule has 1 N–H and O–H groups in total. The largest absolute Gasteiger partial charge is 0.462 e. The quantitative estimate of drug-likeness (QED) is 0.643. The third-order valence-electron chi connectivity index (χ3n) is 3.89. The molecule has 7 heteroatoms. The second kappa shape index (κ2) is 8.05. The number of hydrogen-bond acceptors (Lipinski definition) is 5. The number of amides is 1. The van der Waals surface area contributed by atoms with Gasteiger partial charge in [0.2, 0.25) is 0 Å². The summed E-state index contributed by atoms with van der Waals surface area (Å²) in [4.78, 5) is 25.0. The van der Waals surface area contributed by atoms with Crippen molar-refractivity contribution in [2.45, 2.75) is 13.8 Å². The minimum Gasteiger partial charge on any atom is -0.462 e. The van der Waals surface area contributed by atoms with E-state index in [0.717, 1.165) is 0 Å². The summed E-state index contributed by atoms with van der Waals surface area (Å²) in [6.45, 7) is 3.59. The summed E-state index contributed by atoms with van der Waals surface area (Å²) >= 11 is 6.23. The number of aromatic nitrogens is 1. The lowest BCUT2D eigenvalue weighted by Crippen LogP contribution is -2.17. The Hall–Kier alpha value is -3.12. The van der Waals surface area contributed by atoms with Crippen LogP contribution in [0.25, 0.3) is 11.3 Å². The molecule has 0 bridgehead atoms. The summed E-state index contributed by atoms with van der Waals surface area (Å²) < 4.78 is 10.3. The number of rotatable bonds is 5.